The summed E-state index contributed by atoms with van der Waals surface area (Å²) >= 11 is 0. The smallest absolute Gasteiger partial charge is 0.345 e. The monoisotopic (exact) mass is 579 g/mol. The topological polar surface area (TPSA) is 47.9 Å². The average Bonchev–Trinajstić information content (AvgIpc) is 3.03. The number of fused-ring (bicyclic) bond motifs is 2. The van der Waals surface area contributed by atoms with E-state index in [-0.39, 0.29) is 12.0 Å². The number of allylic oxidation sites excluding steroid dienone is 2. The van der Waals surface area contributed by atoms with Gasteiger partial charge in [0.15, 0.2) is 0 Å². The van der Waals surface area contributed by atoms with Crippen LogP contribution >= 0.6 is 0 Å². The first kappa shape index (κ1) is 29.2. The van der Waals surface area contributed by atoms with E-state index in [1.54, 1.807) is 13.8 Å². The maximum Gasteiger partial charge on any atom is 0.345 e. The van der Waals surface area contributed by atoms with Crippen LogP contribution in [0.3, 0.4) is 0 Å². The van der Waals surface area contributed by atoms with Gasteiger partial charge in [-0.15, -0.1) is 0 Å². The zero-order valence-corrected chi connectivity index (χ0v) is 25.6. The van der Waals surface area contributed by atoms with E-state index in [0.717, 1.165) is 28.8 Å². The Morgan fingerprint density at radius 3 is 2.25 bits per heavy atom. The third-order valence-corrected chi connectivity index (χ3v) is 8.00. The Labute approximate surface area is 260 Å². The summed E-state index contributed by atoms with van der Waals surface area (Å²) in [6.45, 7) is 5.70. The van der Waals surface area contributed by atoms with Gasteiger partial charge in [-0.05, 0) is 83.1 Å². The summed E-state index contributed by atoms with van der Waals surface area (Å²) in [6.07, 6.45) is 8.57. The van der Waals surface area contributed by atoms with E-state index < -0.39 is 5.79 Å². The number of carbonyl (C=O) groups is 1. The van der Waals surface area contributed by atoms with E-state index in [4.69, 9.17) is 14.5 Å². The van der Waals surface area contributed by atoms with Gasteiger partial charge in [-0.25, -0.2) is 4.79 Å². The molecule has 1 heterocycles. The van der Waals surface area contributed by atoms with E-state index in [0.29, 0.717) is 24.2 Å². The summed E-state index contributed by atoms with van der Waals surface area (Å²) in [5.41, 5.74) is 6.93. The predicted molar refractivity (Wildman–Crippen MR) is 177 cm³/mol. The molecule has 0 aromatic heterocycles. The summed E-state index contributed by atoms with van der Waals surface area (Å²) in [5, 5.41) is 2.35. The molecule has 0 radical (unpaired) electrons. The van der Waals surface area contributed by atoms with Crippen molar-refractivity contribution in [2.24, 2.45) is 4.99 Å². The Morgan fingerprint density at radius 1 is 0.841 bits per heavy atom. The number of ether oxygens (including phenoxy) is 2. The van der Waals surface area contributed by atoms with E-state index in [1.807, 2.05) is 12.2 Å². The number of rotatable bonds is 7. The van der Waals surface area contributed by atoms with Crippen LogP contribution in [0.2, 0.25) is 0 Å². The van der Waals surface area contributed by atoms with Crippen molar-refractivity contribution in [2.75, 3.05) is 0 Å². The van der Waals surface area contributed by atoms with Crippen LogP contribution < -0.4 is 0 Å². The van der Waals surface area contributed by atoms with Crippen LogP contribution in [-0.4, -0.2) is 17.5 Å². The standard InChI is InChI=1S/C40H37NO3/c1-4-5-9-28-14-16-29(17-15-28)18-19-30-20-22-31(23-21-30)26-37(35-13-8-11-32-10-6-7-12-34(32)35)41-33-24-25-38-36(27-33)39(42)44-40(2,3)43-38/h6-8,10-17,20-23,25,27,37H,4-5,9,24,26H2,1-3H3. The molecule has 220 valence electrons. The zero-order valence-electron chi connectivity index (χ0n) is 25.6. The number of nitrogens with zero attached hydrogens (tertiary/aromatic N) is 1. The lowest BCUT2D eigenvalue weighted by atomic mass is 9.93. The fourth-order valence-electron chi connectivity index (χ4n) is 5.71. The van der Waals surface area contributed by atoms with E-state index in [1.165, 1.54) is 34.7 Å². The number of cyclic esters (lactones) is 1. The van der Waals surface area contributed by atoms with Crippen LogP contribution in [0.5, 0.6) is 0 Å². The lowest BCUT2D eigenvalue weighted by molar-refractivity contribution is -0.208. The van der Waals surface area contributed by atoms with Crippen molar-refractivity contribution in [3.05, 3.63) is 142 Å². The van der Waals surface area contributed by atoms with Gasteiger partial charge in [-0.1, -0.05) is 91.9 Å². The summed E-state index contributed by atoms with van der Waals surface area (Å²) in [7, 11) is 0. The van der Waals surface area contributed by atoms with Gasteiger partial charge in [0.25, 0.3) is 0 Å². The Balaban J connectivity index is 1.26. The molecule has 1 atom stereocenters. The van der Waals surface area contributed by atoms with Gasteiger partial charge in [0.1, 0.15) is 11.3 Å². The molecule has 4 aromatic carbocycles. The third-order valence-electron chi connectivity index (χ3n) is 8.00. The van der Waals surface area contributed by atoms with Gasteiger partial charge in [-0.2, -0.15) is 0 Å². The number of carbonyl (C=O) groups excluding carboxylic acids is 1. The molecule has 0 amide bonds. The van der Waals surface area contributed by atoms with Gasteiger partial charge in [0, 0.05) is 37.1 Å². The highest BCUT2D eigenvalue weighted by Crippen LogP contribution is 2.34. The summed E-state index contributed by atoms with van der Waals surface area (Å²) in [5.74, 6) is 5.82. The minimum Gasteiger partial charge on any atom is -0.452 e. The molecule has 6 rings (SSSR count). The third kappa shape index (κ3) is 6.84. The average molecular weight is 580 g/mol. The Kier molecular flexibility index (Phi) is 8.48. The fourth-order valence-corrected chi connectivity index (χ4v) is 5.71. The highest BCUT2D eigenvalue weighted by molar-refractivity contribution is 6.07. The van der Waals surface area contributed by atoms with Gasteiger partial charge in [0.2, 0.25) is 5.79 Å². The molecule has 2 aliphatic rings. The molecule has 1 saturated heterocycles. The largest absolute Gasteiger partial charge is 0.452 e. The first-order chi connectivity index (χ1) is 21.4. The quantitative estimate of drug-likeness (QED) is 0.162. The number of benzene rings is 4. The molecule has 4 heteroatoms. The number of hydrogen-bond donors (Lipinski definition) is 0. The summed E-state index contributed by atoms with van der Waals surface area (Å²) in [4.78, 5) is 18.0. The highest BCUT2D eigenvalue weighted by atomic mass is 16.7. The molecule has 4 nitrogen and oxygen atoms in total. The maximum absolute atomic E-state index is 12.8. The van der Waals surface area contributed by atoms with Gasteiger partial charge >= 0.3 is 5.97 Å². The van der Waals surface area contributed by atoms with Crippen molar-refractivity contribution in [1.82, 2.24) is 0 Å². The number of aliphatic imine (C=N–C) groups is 1. The fraction of sp³-hybridized carbons (Fsp3) is 0.250. The second kappa shape index (κ2) is 12.8. The maximum atomic E-state index is 12.8. The minimum atomic E-state index is -0.976. The van der Waals surface area contributed by atoms with E-state index in [9.17, 15) is 4.79 Å². The second-order valence-electron chi connectivity index (χ2n) is 11.9. The van der Waals surface area contributed by atoms with Crippen molar-refractivity contribution in [3.8, 4) is 11.8 Å². The summed E-state index contributed by atoms with van der Waals surface area (Å²) in [6, 6.07) is 31.7. The first-order valence-corrected chi connectivity index (χ1v) is 15.5. The van der Waals surface area contributed by atoms with Crippen LogP contribution in [0.15, 0.2) is 119 Å². The molecule has 1 unspecified atom stereocenters. The zero-order chi connectivity index (χ0) is 30.5. The van der Waals surface area contributed by atoms with Crippen LogP contribution in [0.4, 0.5) is 0 Å². The van der Waals surface area contributed by atoms with Crippen molar-refractivity contribution in [2.45, 2.75) is 64.7 Å². The number of aryl methyl sites for hydroxylation is 1. The number of hydrogen-bond acceptors (Lipinski definition) is 4. The predicted octanol–water partition coefficient (Wildman–Crippen LogP) is 8.83. The van der Waals surface area contributed by atoms with Crippen LogP contribution in [0, 0.1) is 11.8 Å². The van der Waals surface area contributed by atoms with Crippen molar-refractivity contribution >= 4 is 22.5 Å². The van der Waals surface area contributed by atoms with Crippen LogP contribution in [0.25, 0.3) is 10.8 Å². The van der Waals surface area contributed by atoms with E-state index in [2.05, 4.69) is 110 Å². The van der Waals surface area contributed by atoms with Gasteiger partial charge in [-0.3, -0.25) is 4.99 Å². The second-order valence-corrected chi connectivity index (χ2v) is 11.9. The lowest BCUT2D eigenvalue weighted by Gasteiger charge is -2.34. The molecule has 0 spiro atoms. The van der Waals surface area contributed by atoms with Gasteiger partial charge < -0.3 is 9.47 Å². The Hall–Kier alpha value is -4.88. The molecule has 1 aliphatic heterocycles. The van der Waals surface area contributed by atoms with Crippen LogP contribution in [0.1, 0.15) is 73.9 Å². The first-order valence-electron chi connectivity index (χ1n) is 15.5. The Bertz CT molecular complexity index is 1820. The molecule has 0 bridgehead atoms. The molecular formula is C40H37NO3. The van der Waals surface area contributed by atoms with Crippen molar-refractivity contribution in [3.63, 3.8) is 0 Å². The number of unbranched alkanes of at least 4 members (excludes halogenated alkanes) is 1. The molecule has 0 saturated carbocycles. The summed E-state index contributed by atoms with van der Waals surface area (Å²) < 4.78 is 11.4. The SMILES string of the molecule is CCCCc1ccc(C#Cc2ccc(CC(N=C3C=C4C(=O)OC(C)(C)OC4=CC3)c3cccc4ccccc34)cc2)cc1. The molecule has 44 heavy (non-hydrogen) atoms. The molecule has 0 N–H and O–H groups in total. The van der Waals surface area contributed by atoms with E-state index >= 15 is 0 Å². The number of esters is 1. The lowest BCUT2D eigenvalue weighted by Crippen LogP contribution is -2.38. The highest BCUT2D eigenvalue weighted by Gasteiger charge is 2.37. The van der Waals surface area contributed by atoms with Crippen molar-refractivity contribution < 1.29 is 14.3 Å². The van der Waals surface area contributed by atoms with Crippen LogP contribution in [-0.2, 0) is 27.1 Å². The minimum absolute atomic E-state index is 0.150. The molecular weight excluding hydrogens is 542 g/mol. The van der Waals surface area contributed by atoms with Crippen molar-refractivity contribution in [1.29, 1.82) is 0 Å². The van der Waals surface area contributed by atoms with Gasteiger partial charge in [0.05, 0.1) is 6.04 Å². The molecule has 1 fully saturated rings. The normalized spacial score (nSPS) is 17.0. The molecule has 4 aromatic rings. The molecule has 1 aliphatic carbocycles. The Morgan fingerprint density at radius 2 is 1.52 bits per heavy atom.